The zero-order valence-electron chi connectivity index (χ0n) is 10.5. The smallest absolute Gasteiger partial charge is 0.259 e. The van der Waals surface area contributed by atoms with Crippen LogP contribution in [0, 0.1) is 6.92 Å². The summed E-state index contributed by atoms with van der Waals surface area (Å²) in [5.74, 6) is -0.158. The first-order valence-corrected chi connectivity index (χ1v) is 5.70. The SMILES string of the molecule is Cc1c(C(=O)Nc2cccc(CN)c2)cnn1C. The largest absolute Gasteiger partial charge is 0.326 e. The number of nitrogens with one attached hydrogen (secondary N) is 1. The molecule has 0 spiro atoms. The number of aromatic nitrogens is 2. The number of nitrogens with two attached hydrogens (primary N) is 1. The normalized spacial score (nSPS) is 10.4. The molecule has 5 nitrogen and oxygen atoms in total. The van der Waals surface area contributed by atoms with E-state index >= 15 is 0 Å². The van der Waals surface area contributed by atoms with Gasteiger partial charge in [-0.25, -0.2) is 0 Å². The fraction of sp³-hybridized carbons (Fsp3) is 0.231. The monoisotopic (exact) mass is 244 g/mol. The maximum Gasteiger partial charge on any atom is 0.259 e. The molecule has 0 saturated carbocycles. The number of carbonyl (C=O) groups excluding carboxylic acids is 1. The van der Waals surface area contributed by atoms with Gasteiger partial charge in [-0.15, -0.1) is 0 Å². The minimum atomic E-state index is -0.158. The van der Waals surface area contributed by atoms with Crippen LogP contribution in [-0.4, -0.2) is 15.7 Å². The van der Waals surface area contributed by atoms with E-state index in [0.717, 1.165) is 16.9 Å². The zero-order chi connectivity index (χ0) is 13.1. The molecule has 1 aromatic heterocycles. The highest BCUT2D eigenvalue weighted by atomic mass is 16.1. The van der Waals surface area contributed by atoms with E-state index in [4.69, 9.17) is 5.73 Å². The molecule has 0 unspecified atom stereocenters. The number of benzene rings is 1. The van der Waals surface area contributed by atoms with Crippen molar-refractivity contribution in [2.75, 3.05) is 5.32 Å². The van der Waals surface area contributed by atoms with Crippen molar-refractivity contribution in [3.05, 3.63) is 47.3 Å². The average Bonchev–Trinajstić information content (AvgIpc) is 2.70. The Bertz CT molecular complexity index is 574. The van der Waals surface area contributed by atoms with Crippen LogP contribution in [-0.2, 0) is 13.6 Å². The lowest BCUT2D eigenvalue weighted by Crippen LogP contribution is -2.13. The molecule has 5 heteroatoms. The lowest BCUT2D eigenvalue weighted by Gasteiger charge is -2.06. The van der Waals surface area contributed by atoms with Gasteiger partial charge in [0.05, 0.1) is 11.8 Å². The molecule has 18 heavy (non-hydrogen) atoms. The van der Waals surface area contributed by atoms with E-state index in [2.05, 4.69) is 10.4 Å². The molecule has 1 heterocycles. The van der Waals surface area contributed by atoms with Crippen molar-refractivity contribution in [2.24, 2.45) is 12.8 Å². The second-order valence-corrected chi connectivity index (χ2v) is 4.13. The van der Waals surface area contributed by atoms with Crippen LogP contribution >= 0.6 is 0 Å². The molecule has 0 bridgehead atoms. The van der Waals surface area contributed by atoms with Crippen LogP contribution in [0.3, 0.4) is 0 Å². The first kappa shape index (κ1) is 12.3. The van der Waals surface area contributed by atoms with Gasteiger partial charge in [0.1, 0.15) is 0 Å². The van der Waals surface area contributed by atoms with Gasteiger partial charge in [-0.1, -0.05) is 12.1 Å². The third-order valence-electron chi connectivity index (χ3n) is 2.90. The fourth-order valence-electron chi connectivity index (χ4n) is 1.70. The summed E-state index contributed by atoms with van der Waals surface area (Å²) in [7, 11) is 1.81. The lowest BCUT2D eigenvalue weighted by molar-refractivity contribution is 0.102. The van der Waals surface area contributed by atoms with E-state index in [0.29, 0.717) is 12.1 Å². The summed E-state index contributed by atoms with van der Waals surface area (Å²) < 4.78 is 1.67. The van der Waals surface area contributed by atoms with Gasteiger partial charge in [0, 0.05) is 25.0 Å². The Balaban J connectivity index is 2.18. The highest BCUT2D eigenvalue weighted by molar-refractivity contribution is 6.04. The van der Waals surface area contributed by atoms with Crippen LogP contribution in [0.2, 0.25) is 0 Å². The number of aryl methyl sites for hydroxylation is 1. The van der Waals surface area contributed by atoms with Gasteiger partial charge < -0.3 is 11.1 Å². The van der Waals surface area contributed by atoms with Crippen molar-refractivity contribution >= 4 is 11.6 Å². The standard InChI is InChI=1S/C13H16N4O/c1-9-12(8-15-17(9)2)13(18)16-11-5-3-4-10(6-11)7-14/h3-6,8H,7,14H2,1-2H3,(H,16,18). The van der Waals surface area contributed by atoms with Gasteiger partial charge in [0.25, 0.3) is 5.91 Å². The molecule has 1 aromatic carbocycles. The van der Waals surface area contributed by atoms with Gasteiger partial charge in [-0.05, 0) is 24.6 Å². The molecular weight excluding hydrogens is 228 g/mol. The number of anilines is 1. The van der Waals surface area contributed by atoms with E-state index in [9.17, 15) is 4.79 Å². The molecule has 3 N–H and O–H groups in total. The van der Waals surface area contributed by atoms with Crippen molar-refractivity contribution < 1.29 is 4.79 Å². The lowest BCUT2D eigenvalue weighted by atomic mass is 10.2. The highest BCUT2D eigenvalue weighted by Crippen LogP contribution is 2.13. The van der Waals surface area contributed by atoms with Crippen LogP contribution in [0.4, 0.5) is 5.69 Å². The third kappa shape index (κ3) is 2.41. The first-order valence-electron chi connectivity index (χ1n) is 5.70. The summed E-state index contributed by atoms with van der Waals surface area (Å²) in [4.78, 5) is 12.1. The predicted octanol–water partition coefficient (Wildman–Crippen LogP) is 1.44. The molecule has 0 fully saturated rings. The summed E-state index contributed by atoms with van der Waals surface area (Å²) in [5.41, 5.74) is 8.70. The average molecular weight is 244 g/mol. The van der Waals surface area contributed by atoms with Crippen molar-refractivity contribution in [1.29, 1.82) is 0 Å². The maximum absolute atomic E-state index is 12.1. The Labute approximate surface area is 106 Å². The van der Waals surface area contributed by atoms with Gasteiger partial charge in [-0.3, -0.25) is 9.48 Å². The van der Waals surface area contributed by atoms with Crippen molar-refractivity contribution in [2.45, 2.75) is 13.5 Å². The molecule has 0 aliphatic heterocycles. The van der Waals surface area contributed by atoms with Gasteiger partial charge in [0.15, 0.2) is 0 Å². The molecule has 0 aliphatic carbocycles. The van der Waals surface area contributed by atoms with Crippen LogP contribution in [0.25, 0.3) is 0 Å². The number of hydrogen-bond acceptors (Lipinski definition) is 3. The van der Waals surface area contributed by atoms with E-state index in [-0.39, 0.29) is 5.91 Å². The van der Waals surface area contributed by atoms with Crippen molar-refractivity contribution in [3.63, 3.8) is 0 Å². The van der Waals surface area contributed by atoms with Crippen molar-refractivity contribution in [1.82, 2.24) is 9.78 Å². The topological polar surface area (TPSA) is 72.9 Å². The van der Waals surface area contributed by atoms with Gasteiger partial charge >= 0.3 is 0 Å². The Hall–Kier alpha value is -2.14. The number of nitrogens with zero attached hydrogens (tertiary/aromatic N) is 2. The number of hydrogen-bond donors (Lipinski definition) is 2. The molecule has 0 aliphatic rings. The minimum Gasteiger partial charge on any atom is -0.326 e. The third-order valence-corrected chi connectivity index (χ3v) is 2.90. The van der Waals surface area contributed by atoms with E-state index in [1.165, 1.54) is 0 Å². The quantitative estimate of drug-likeness (QED) is 0.858. The molecule has 1 amide bonds. The zero-order valence-corrected chi connectivity index (χ0v) is 10.5. The predicted molar refractivity (Wildman–Crippen MR) is 70.2 cm³/mol. The van der Waals surface area contributed by atoms with Crippen LogP contribution in [0.1, 0.15) is 21.6 Å². The summed E-state index contributed by atoms with van der Waals surface area (Å²) in [5, 5.41) is 6.89. The van der Waals surface area contributed by atoms with Gasteiger partial charge in [0.2, 0.25) is 0 Å². The van der Waals surface area contributed by atoms with Crippen LogP contribution in [0.15, 0.2) is 30.5 Å². The Morgan fingerprint density at radius 2 is 2.28 bits per heavy atom. The number of rotatable bonds is 3. The number of amides is 1. The Kier molecular flexibility index (Phi) is 3.43. The van der Waals surface area contributed by atoms with Gasteiger partial charge in [-0.2, -0.15) is 5.10 Å². The summed E-state index contributed by atoms with van der Waals surface area (Å²) >= 11 is 0. The fourth-order valence-corrected chi connectivity index (χ4v) is 1.70. The summed E-state index contributed by atoms with van der Waals surface area (Å²) in [6, 6.07) is 7.49. The van der Waals surface area contributed by atoms with E-state index in [1.54, 1.807) is 17.9 Å². The molecule has 0 atom stereocenters. The van der Waals surface area contributed by atoms with Crippen molar-refractivity contribution in [3.8, 4) is 0 Å². The first-order chi connectivity index (χ1) is 8.61. The molecule has 2 rings (SSSR count). The van der Waals surface area contributed by atoms with Crippen LogP contribution in [0.5, 0.6) is 0 Å². The Morgan fingerprint density at radius 3 is 2.89 bits per heavy atom. The molecule has 94 valence electrons. The molecule has 0 radical (unpaired) electrons. The van der Waals surface area contributed by atoms with E-state index in [1.807, 2.05) is 31.2 Å². The second kappa shape index (κ2) is 5.01. The minimum absolute atomic E-state index is 0.158. The Morgan fingerprint density at radius 1 is 1.50 bits per heavy atom. The van der Waals surface area contributed by atoms with E-state index < -0.39 is 0 Å². The number of carbonyl (C=O) groups is 1. The molecular formula is C13H16N4O. The molecule has 0 saturated heterocycles. The van der Waals surface area contributed by atoms with Crippen LogP contribution < -0.4 is 11.1 Å². The molecule has 2 aromatic rings. The highest BCUT2D eigenvalue weighted by Gasteiger charge is 2.12. The summed E-state index contributed by atoms with van der Waals surface area (Å²) in [6.45, 7) is 2.31. The second-order valence-electron chi connectivity index (χ2n) is 4.13. The maximum atomic E-state index is 12.1. The summed E-state index contributed by atoms with van der Waals surface area (Å²) in [6.07, 6.45) is 1.57.